The third-order valence-electron chi connectivity index (χ3n) is 4.65. The highest BCUT2D eigenvalue weighted by atomic mass is 16.5. The highest BCUT2D eigenvalue weighted by Gasteiger charge is 2.21. The maximum atomic E-state index is 12.8. The maximum Gasteiger partial charge on any atom is 0.349 e. The topological polar surface area (TPSA) is 77.8 Å². The van der Waals surface area contributed by atoms with Crippen LogP contribution in [0.4, 0.5) is 0 Å². The summed E-state index contributed by atoms with van der Waals surface area (Å²) in [6, 6.07) is 6.74. The van der Waals surface area contributed by atoms with Gasteiger partial charge in [0, 0.05) is 12.0 Å². The van der Waals surface area contributed by atoms with E-state index in [0.717, 1.165) is 12.0 Å². The summed E-state index contributed by atoms with van der Waals surface area (Å²) >= 11 is 0. The molecule has 0 aliphatic rings. The summed E-state index contributed by atoms with van der Waals surface area (Å²) in [5.74, 6) is 1.92. The molecule has 0 fully saturated rings. The van der Waals surface area contributed by atoms with E-state index in [1.165, 1.54) is 0 Å². The van der Waals surface area contributed by atoms with E-state index in [-0.39, 0.29) is 5.56 Å². The number of ether oxygens (including phenoxy) is 2. The molecule has 1 N–H and O–H groups in total. The SMILES string of the molecule is COc1ccc(OC)c(C(C)NC(=O)c2c(C)cc(CCC(C)C)oc2=O)c1. The second kappa shape index (κ2) is 9.44. The molecule has 1 heterocycles. The zero-order chi connectivity index (χ0) is 20.8. The maximum absolute atomic E-state index is 12.8. The molecular weight excluding hydrogens is 358 g/mol. The molecule has 28 heavy (non-hydrogen) atoms. The van der Waals surface area contributed by atoms with Gasteiger partial charge in [-0.05, 0) is 56.0 Å². The van der Waals surface area contributed by atoms with Crippen LogP contribution in [-0.4, -0.2) is 20.1 Å². The van der Waals surface area contributed by atoms with Crippen LogP contribution in [0.3, 0.4) is 0 Å². The number of nitrogens with one attached hydrogen (secondary N) is 1. The van der Waals surface area contributed by atoms with Crippen molar-refractivity contribution in [3.63, 3.8) is 0 Å². The Hall–Kier alpha value is -2.76. The standard InChI is InChI=1S/C22H29NO5/c1-13(2)7-8-17-11-14(3)20(22(25)28-17)21(24)23-15(4)18-12-16(26-5)9-10-19(18)27-6/h9-13,15H,7-8H2,1-6H3,(H,23,24). The number of hydrogen-bond acceptors (Lipinski definition) is 5. The smallest absolute Gasteiger partial charge is 0.349 e. The van der Waals surface area contributed by atoms with Crippen molar-refractivity contribution in [2.45, 2.75) is 46.6 Å². The Morgan fingerprint density at radius 2 is 1.86 bits per heavy atom. The summed E-state index contributed by atoms with van der Waals surface area (Å²) in [7, 11) is 3.14. The Labute approximate surface area is 165 Å². The van der Waals surface area contributed by atoms with Crippen molar-refractivity contribution in [3.8, 4) is 11.5 Å². The van der Waals surface area contributed by atoms with Gasteiger partial charge >= 0.3 is 5.63 Å². The van der Waals surface area contributed by atoms with E-state index in [1.807, 2.05) is 6.92 Å². The summed E-state index contributed by atoms with van der Waals surface area (Å²) in [6.07, 6.45) is 1.59. The van der Waals surface area contributed by atoms with Crippen LogP contribution in [-0.2, 0) is 6.42 Å². The molecule has 6 nitrogen and oxygen atoms in total. The molecule has 0 radical (unpaired) electrons. The summed E-state index contributed by atoms with van der Waals surface area (Å²) < 4.78 is 16.0. The van der Waals surface area contributed by atoms with Crippen molar-refractivity contribution in [2.24, 2.45) is 5.92 Å². The lowest BCUT2D eigenvalue weighted by Crippen LogP contribution is -2.32. The van der Waals surface area contributed by atoms with Crippen LogP contribution in [0.25, 0.3) is 0 Å². The predicted octanol–water partition coefficient (Wildman–Crippen LogP) is 4.05. The minimum atomic E-state index is -0.610. The molecule has 1 aromatic carbocycles. The molecule has 1 aromatic heterocycles. The van der Waals surface area contributed by atoms with Crippen molar-refractivity contribution >= 4 is 5.91 Å². The normalized spacial score (nSPS) is 12.0. The fraction of sp³-hybridized carbons (Fsp3) is 0.455. The van der Waals surface area contributed by atoms with Crippen LogP contribution in [0.15, 0.2) is 33.5 Å². The van der Waals surface area contributed by atoms with E-state index in [9.17, 15) is 9.59 Å². The van der Waals surface area contributed by atoms with Gasteiger partial charge in [0.15, 0.2) is 0 Å². The van der Waals surface area contributed by atoms with Crippen molar-refractivity contribution in [2.75, 3.05) is 14.2 Å². The van der Waals surface area contributed by atoms with Crippen molar-refractivity contribution in [3.05, 3.63) is 57.1 Å². The summed E-state index contributed by atoms with van der Waals surface area (Å²) in [6.45, 7) is 7.80. The molecule has 1 atom stereocenters. The Balaban J connectivity index is 2.24. The number of carbonyl (C=O) groups is 1. The second-order valence-corrected chi connectivity index (χ2v) is 7.29. The molecule has 0 spiro atoms. The van der Waals surface area contributed by atoms with Crippen LogP contribution in [0.5, 0.6) is 11.5 Å². The van der Waals surface area contributed by atoms with E-state index >= 15 is 0 Å². The van der Waals surface area contributed by atoms with Gasteiger partial charge in [-0.15, -0.1) is 0 Å². The third kappa shape index (κ3) is 5.15. The second-order valence-electron chi connectivity index (χ2n) is 7.29. The quantitative estimate of drug-likeness (QED) is 0.739. The van der Waals surface area contributed by atoms with Gasteiger partial charge in [-0.2, -0.15) is 0 Å². The number of hydrogen-bond donors (Lipinski definition) is 1. The molecule has 152 valence electrons. The number of benzene rings is 1. The van der Waals surface area contributed by atoms with E-state index < -0.39 is 17.6 Å². The first-order chi connectivity index (χ1) is 13.3. The van der Waals surface area contributed by atoms with E-state index in [1.54, 1.807) is 45.4 Å². The molecule has 1 unspecified atom stereocenters. The van der Waals surface area contributed by atoms with Crippen LogP contribution in [0.2, 0.25) is 0 Å². The lowest BCUT2D eigenvalue weighted by Gasteiger charge is -2.18. The van der Waals surface area contributed by atoms with Gasteiger partial charge in [0.05, 0.1) is 20.3 Å². The Kier molecular flexibility index (Phi) is 7.26. The highest BCUT2D eigenvalue weighted by molar-refractivity contribution is 5.95. The first kappa shape index (κ1) is 21.5. The molecule has 0 aliphatic carbocycles. The highest BCUT2D eigenvalue weighted by Crippen LogP contribution is 2.29. The fourth-order valence-electron chi connectivity index (χ4n) is 3.02. The van der Waals surface area contributed by atoms with Crippen LogP contribution in [0.1, 0.15) is 60.5 Å². The summed E-state index contributed by atoms with van der Waals surface area (Å²) in [5.41, 5.74) is 0.784. The zero-order valence-corrected chi connectivity index (χ0v) is 17.4. The zero-order valence-electron chi connectivity index (χ0n) is 17.4. The average molecular weight is 387 g/mol. The third-order valence-corrected chi connectivity index (χ3v) is 4.65. The minimum Gasteiger partial charge on any atom is -0.497 e. The van der Waals surface area contributed by atoms with Crippen molar-refractivity contribution < 1.29 is 18.7 Å². The van der Waals surface area contributed by atoms with Crippen molar-refractivity contribution in [1.29, 1.82) is 0 Å². The Morgan fingerprint density at radius 3 is 2.43 bits per heavy atom. The van der Waals surface area contributed by atoms with Gasteiger partial charge in [0.2, 0.25) is 0 Å². The molecule has 2 rings (SSSR count). The molecule has 0 saturated heterocycles. The van der Waals surface area contributed by atoms with Gasteiger partial charge in [-0.25, -0.2) is 4.79 Å². The van der Waals surface area contributed by atoms with Crippen LogP contribution < -0.4 is 20.4 Å². The lowest BCUT2D eigenvalue weighted by molar-refractivity contribution is 0.0934. The van der Waals surface area contributed by atoms with Crippen LogP contribution in [0, 0.1) is 12.8 Å². The molecule has 0 bridgehead atoms. The van der Waals surface area contributed by atoms with E-state index in [4.69, 9.17) is 13.9 Å². The Bertz CT molecular complexity index is 885. The number of rotatable bonds is 8. The largest absolute Gasteiger partial charge is 0.497 e. The van der Waals surface area contributed by atoms with Gasteiger partial charge < -0.3 is 19.2 Å². The minimum absolute atomic E-state index is 0.0296. The van der Waals surface area contributed by atoms with Gasteiger partial charge in [0.1, 0.15) is 22.8 Å². The summed E-state index contributed by atoms with van der Waals surface area (Å²) in [4.78, 5) is 25.2. The molecule has 1 amide bonds. The lowest BCUT2D eigenvalue weighted by atomic mass is 10.0. The number of aryl methyl sites for hydroxylation is 2. The first-order valence-electron chi connectivity index (χ1n) is 9.43. The number of carbonyl (C=O) groups excluding carboxylic acids is 1. The summed E-state index contributed by atoms with van der Waals surface area (Å²) in [5, 5.41) is 2.86. The van der Waals surface area contributed by atoms with E-state index in [2.05, 4.69) is 19.2 Å². The fourth-order valence-corrected chi connectivity index (χ4v) is 3.02. The molecule has 2 aromatic rings. The number of methoxy groups -OCH3 is 2. The van der Waals surface area contributed by atoms with Gasteiger partial charge in [-0.1, -0.05) is 13.8 Å². The monoisotopic (exact) mass is 387 g/mol. The van der Waals surface area contributed by atoms with Gasteiger partial charge in [-0.3, -0.25) is 4.79 Å². The molecule has 0 saturated carbocycles. The van der Waals surface area contributed by atoms with Crippen LogP contribution >= 0.6 is 0 Å². The molecular formula is C22H29NO5. The van der Waals surface area contributed by atoms with Gasteiger partial charge in [0.25, 0.3) is 5.91 Å². The average Bonchev–Trinajstić information content (AvgIpc) is 2.65. The molecule has 6 heteroatoms. The number of amides is 1. The first-order valence-corrected chi connectivity index (χ1v) is 9.43. The predicted molar refractivity (Wildman–Crippen MR) is 108 cm³/mol. The molecule has 0 aliphatic heterocycles. The van der Waals surface area contributed by atoms with Crippen molar-refractivity contribution in [1.82, 2.24) is 5.32 Å². The Morgan fingerprint density at radius 1 is 1.14 bits per heavy atom. The van der Waals surface area contributed by atoms with E-state index in [0.29, 0.717) is 35.2 Å².